The van der Waals surface area contributed by atoms with E-state index >= 15 is 0 Å². The smallest absolute Gasteiger partial charge is 0.263 e. The van der Waals surface area contributed by atoms with Gasteiger partial charge in [0.1, 0.15) is 11.5 Å². The van der Waals surface area contributed by atoms with Crippen LogP contribution in [0.3, 0.4) is 0 Å². The van der Waals surface area contributed by atoms with Crippen molar-refractivity contribution in [3.05, 3.63) is 84.7 Å². The molecule has 1 heterocycles. The van der Waals surface area contributed by atoms with E-state index in [4.69, 9.17) is 4.74 Å². The molecule has 1 amide bonds. The molecule has 1 aromatic heterocycles. The van der Waals surface area contributed by atoms with Crippen molar-refractivity contribution in [2.45, 2.75) is 28.9 Å². The maximum atomic E-state index is 12.8. The monoisotopic (exact) mass is 526 g/mol. The lowest BCUT2D eigenvalue weighted by Gasteiger charge is -2.09. The van der Waals surface area contributed by atoms with Gasteiger partial charge >= 0.3 is 0 Å². The molecule has 0 aliphatic carbocycles. The average Bonchev–Trinajstić information content (AvgIpc) is 3.29. The first kappa shape index (κ1) is 24.7. The van der Waals surface area contributed by atoms with Crippen molar-refractivity contribution in [3.8, 4) is 11.5 Å². The number of nitrogens with one attached hydrogen (secondary N) is 2. The number of carbonyl (C=O) groups excluding carboxylic acids is 1. The summed E-state index contributed by atoms with van der Waals surface area (Å²) in [5.41, 5.74) is 0.720. The first-order valence-electron chi connectivity index (χ1n) is 10.5. The van der Waals surface area contributed by atoms with Gasteiger partial charge in [0, 0.05) is 29.0 Å². The lowest BCUT2D eigenvalue weighted by atomic mass is 10.3. The molecule has 0 radical (unpaired) electrons. The van der Waals surface area contributed by atoms with Crippen molar-refractivity contribution in [2.75, 3.05) is 10.0 Å². The van der Waals surface area contributed by atoms with Gasteiger partial charge in [-0.1, -0.05) is 18.2 Å². The molecule has 0 saturated carbocycles. The topological polar surface area (TPSA) is 110 Å². The molecule has 180 valence electrons. The highest BCUT2D eigenvalue weighted by atomic mass is 32.2. The zero-order chi connectivity index (χ0) is 24.8. The Morgan fingerprint density at radius 1 is 0.971 bits per heavy atom. The van der Waals surface area contributed by atoms with Crippen LogP contribution in [0.1, 0.15) is 24.9 Å². The van der Waals surface area contributed by atoms with Crippen molar-refractivity contribution < 1.29 is 17.9 Å². The predicted octanol–water partition coefficient (Wildman–Crippen LogP) is 5.94. The number of rotatable bonds is 9. The van der Waals surface area contributed by atoms with Crippen LogP contribution >= 0.6 is 23.3 Å². The van der Waals surface area contributed by atoms with Crippen molar-refractivity contribution >= 4 is 50.0 Å². The van der Waals surface area contributed by atoms with E-state index in [-0.39, 0.29) is 21.2 Å². The number of nitrogens with zero attached hydrogens (tertiary/aromatic N) is 2. The minimum atomic E-state index is -3.83. The van der Waals surface area contributed by atoms with Gasteiger partial charge in [-0.05, 0) is 67.6 Å². The molecule has 8 nitrogen and oxygen atoms in total. The minimum Gasteiger partial charge on any atom is -0.457 e. The van der Waals surface area contributed by atoms with Gasteiger partial charge in [-0.2, -0.15) is 4.37 Å². The van der Waals surface area contributed by atoms with Gasteiger partial charge in [-0.15, -0.1) is 11.8 Å². The Hall–Kier alpha value is -3.41. The van der Waals surface area contributed by atoms with E-state index in [1.54, 1.807) is 12.1 Å². The first-order chi connectivity index (χ1) is 16.8. The molecule has 35 heavy (non-hydrogen) atoms. The summed E-state index contributed by atoms with van der Waals surface area (Å²) in [7, 11) is -3.83. The van der Waals surface area contributed by atoms with Crippen LogP contribution in [-0.2, 0) is 14.8 Å². The maximum absolute atomic E-state index is 12.8. The number of benzene rings is 3. The molecule has 0 aliphatic rings. The van der Waals surface area contributed by atoms with E-state index in [0.29, 0.717) is 17.3 Å². The largest absolute Gasteiger partial charge is 0.457 e. The summed E-state index contributed by atoms with van der Waals surface area (Å²) in [6, 6.07) is 22.8. The number of sulfonamides is 1. The van der Waals surface area contributed by atoms with Crippen LogP contribution in [0.2, 0.25) is 0 Å². The van der Waals surface area contributed by atoms with E-state index in [2.05, 4.69) is 19.4 Å². The maximum Gasteiger partial charge on any atom is 0.263 e. The summed E-state index contributed by atoms with van der Waals surface area (Å²) in [6.07, 6.45) is 0. The Bertz CT molecular complexity index is 1390. The molecule has 4 rings (SSSR count). The molecule has 2 N–H and O–H groups in total. The number of hydrogen-bond acceptors (Lipinski definition) is 8. The van der Waals surface area contributed by atoms with Gasteiger partial charge in [-0.25, -0.2) is 13.4 Å². The normalized spacial score (nSPS) is 12.1. The van der Waals surface area contributed by atoms with E-state index in [1.165, 1.54) is 30.8 Å². The highest BCUT2D eigenvalue weighted by Crippen LogP contribution is 2.35. The second-order valence-electron chi connectivity index (χ2n) is 7.42. The Balaban J connectivity index is 1.37. The van der Waals surface area contributed by atoms with Gasteiger partial charge in [0.15, 0.2) is 5.82 Å². The van der Waals surface area contributed by atoms with Crippen LogP contribution in [0.4, 0.5) is 10.8 Å². The summed E-state index contributed by atoms with van der Waals surface area (Å²) >= 11 is 2.52. The minimum absolute atomic E-state index is 0.0938. The Kier molecular flexibility index (Phi) is 7.69. The number of ether oxygens (including phenoxy) is 1. The molecule has 11 heteroatoms. The van der Waals surface area contributed by atoms with Crippen LogP contribution in [0.5, 0.6) is 11.5 Å². The number of aromatic nitrogens is 2. The molecule has 0 fully saturated rings. The van der Waals surface area contributed by atoms with Crippen molar-refractivity contribution in [1.82, 2.24) is 9.36 Å². The highest BCUT2D eigenvalue weighted by Gasteiger charge is 2.19. The van der Waals surface area contributed by atoms with Crippen molar-refractivity contribution in [1.29, 1.82) is 0 Å². The standard InChI is InChI=1S/C24H22N4O4S3/c1-16(33-21-12-8-18(9-13-21)25-17(2)29)23-26-24(34-27-23)28-35(30,31)22-14-10-20(11-15-22)32-19-6-4-3-5-7-19/h3-16H,1-2H3,(H,25,29)(H,26,27,28). The van der Waals surface area contributed by atoms with Crippen LogP contribution in [0.25, 0.3) is 0 Å². The van der Waals surface area contributed by atoms with Crippen LogP contribution in [0, 0.1) is 0 Å². The van der Waals surface area contributed by atoms with Gasteiger partial charge in [0.05, 0.1) is 10.1 Å². The fourth-order valence-electron chi connectivity index (χ4n) is 3.00. The Morgan fingerprint density at radius 3 is 2.29 bits per heavy atom. The lowest BCUT2D eigenvalue weighted by molar-refractivity contribution is -0.114. The SMILES string of the molecule is CC(=O)Nc1ccc(SC(C)c2nsc(NS(=O)(=O)c3ccc(Oc4ccccc4)cc3)n2)cc1. The van der Waals surface area contributed by atoms with Gasteiger partial charge in [0.2, 0.25) is 11.0 Å². The number of amides is 1. The Morgan fingerprint density at radius 2 is 1.63 bits per heavy atom. The van der Waals surface area contributed by atoms with Gasteiger partial charge in [0.25, 0.3) is 10.0 Å². The Labute approximate surface area is 212 Å². The van der Waals surface area contributed by atoms with Crippen LogP contribution in [-0.4, -0.2) is 23.7 Å². The fourth-order valence-corrected chi connectivity index (χ4v) is 5.86. The van der Waals surface area contributed by atoms with Gasteiger partial charge < -0.3 is 10.1 Å². The molecular formula is C24H22N4O4S3. The molecular weight excluding hydrogens is 504 g/mol. The number of hydrogen-bond donors (Lipinski definition) is 2. The quantitative estimate of drug-likeness (QED) is 0.260. The molecule has 1 unspecified atom stereocenters. The fraction of sp³-hybridized carbons (Fsp3) is 0.125. The van der Waals surface area contributed by atoms with Gasteiger partial charge in [-0.3, -0.25) is 9.52 Å². The van der Waals surface area contributed by atoms with Crippen LogP contribution in [0.15, 0.2) is 88.7 Å². The summed E-state index contributed by atoms with van der Waals surface area (Å²) in [6.45, 7) is 3.40. The van der Waals surface area contributed by atoms with E-state index in [0.717, 1.165) is 22.1 Å². The van der Waals surface area contributed by atoms with E-state index in [1.807, 2.05) is 61.5 Å². The number of anilines is 2. The molecule has 1 atom stereocenters. The van der Waals surface area contributed by atoms with E-state index in [9.17, 15) is 13.2 Å². The second-order valence-corrected chi connectivity index (χ2v) is 11.3. The molecule has 3 aromatic carbocycles. The van der Waals surface area contributed by atoms with Crippen LogP contribution < -0.4 is 14.8 Å². The summed E-state index contributed by atoms with van der Waals surface area (Å²) in [5, 5.41) is 2.81. The number of carbonyl (C=O) groups is 1. The third kappa shape index (κ3) is 6.81. The third-order valence-corrected chi connectivity index (χ3v) is 7.86. The van der Waals surface area contributed by atoms with Crippen molar-refractivity contribution in [2.24, 2.45) is 0 Å². The third-order valence-electron chi connectivity index (χ3n) is 4.63. The zero-order valence-electron chi connectivity index (χ0n) is 18.8. The first-order valence-corrected chi connectivity index (χ1v) is 13.7. The zero-order valence-corrected chi connectivity index (χ0v) is 21.3. The van der Waals surface area contributed by atoms with E-state index < -0.39 is 10.0 Å². The highest BCUT2D eigenvalue weighted by molar-refractivity contribution is 7.99. The summed E-state index contributed by atoms with van der Waals surface area (Å²) in [5.74, 6) is 1.59. The second kappa shape index (κ2) is 10.9. The summed E-state index contributed by atoms with van der Waals surface area (Å²) in [4.78, 5) is 16.6. The number of thioether (sulfide) groups is 1. The lowest BCUT2D eigenvalue weighted by Crippen LogP contribution is -2.12. The molecule has 0 aliphatic heterocycles. The molecule has 0 bridgehead atoms. The number of para-hydroxylation sites is 1. The summed E-state index contributed by atoms with van der Waals surface area (Å²) < 4.78 is 38.1. The average molecular weight is 527 g/mol. The molecule has 4 aromatic rings. The molecule has 0 spiro atoms. The molecule has 0 saturated heterocycles. The predicted molar refractivity (Wildman–Crippen MR) is 139 cm³/mol. The van der Waals surface area contributed by atoms with Crippen molar-refractivity contribution in [3.63, 3.8) is 0 Å².